The number of hydrogen-bond donors (Lipinski definition) is 0. The molecule has 156 valence electrons. The first-order valence-corrected chi connectivity index (χ1v) is 10.2. The monoisotopic (exact) mass is 406 g/mol. The van der Waals surface area contributed by atoms with Crippen LogP contribution in [-0.2, 0) is 27.8 Å². The zero-order valence-corrected chi connectivity index (χ0v) is 17.4. The van der Waals surface area contributed by atoms with Crippen molar-refractivity contribution >= 4 is 22.5 Å². The van der Waals surface area contributed by atoms with E-state index in [0.717, 1.165) is 53.5 Å². The van der Waals surface area contributed by atoms with Gasteiger partial charge in [-0.2, -0.15) is 5.10 Å². The average Bonchev–Trinajstić information content (AvgIpc) is 3.20. The second-order valence-electron chi connectivity index (χ2n) is 7.91. The number of methoxy groups -OCH3 is 1. The number of pyridine rings is 1. The van der Waals surface area contributed by atoms with Crippen molar-refractivity contribution < 1.29 is 14.3 Å². The molecule has 4 rings (SSSR count). The molecule has 7 heteroatoms. The predicted octanol–water partition coefficient (Wildman–Crippen LogP) is 2.63. The van der Waals surface area contributed by atoms with Gasteiger partial charge in [-0.15, -0.1) is 0 Å². The van der Waals surface area contributed by atoms with Crippen LogP contribution in [-0.4, -0.2) is 58.2 Å². The Morgan fingerprint density at radius 2 is 1.90 bits per heavy atom. The Balaban J connectivity index is 1.42. The molecule has 0 radical (unpaired) electrons. The third-order valence-electron chi connectivity index (χ3n) is 5.80. The van der Waals surface area contributed by atoms with Gasteiger partial charge < -0.3 is 4.74 Å². The van der Waals surface area contributed by atoms with E-state index < -0.39 is 0 Å². The lowest BCUT2D eigenvalue weighted by molar-refractivity contribution is -0.142. The number of piperidine rings is 1. The van der Waals surface area contributed by atoms with Gasteiger partial charge in [-0.1, -0.05) is 12.1 Å². The van der Waals surface area contributed by atoms with E-state index in [2.05, 4.69) is 22.2 Å². The number of fused-ring (bicyclic) bond motifs is 1. The third-order valence-corrected chi connectivity index (χ3v) is 5.80. The standard InChI is InChI=1S/C23H26N4O3/c1-26-14-20(13-25-26)17-3-4-18-12-24-21(10-19(18)9-17)11-22(28)16-5-7-27(8-6-16)15-23(29)30-2/h3-4,9-10,12-14,16H,5-8,11,15H2,1-2H3. The zero-order valence-electron chi connectivity index (χ0n) is 17.4. The number of carbonyl (C=O) groups is 2. The Morgan fingerprint density at radius 1 is 1.10 bits per heavy atom. The van der Waals surface area contributed by atoms with Gasteiger partial charge in [0.05, 0.1) is 19.9 Å². The van der Waals surface area contributed by atoms with Gasteiger partial charge in [-0.05, 0) is 49.0 Å². The van der Waals surface area contributed by atoms with Crippen LogP contribution in [0.4, 0.5) is 0 Å². The maximum Gasteiger partial charge on any atom is 0.319 e. The molecule has 2 aromatic heterocycles. The summed E-state index contributed by atoms with van der Waals surface area (Å²) in [5, 5.41) is 6.36. The molecule has 1 fully saturated rings. The Labute approximate surface area is 175 Å². The third kappa shape index (κ3) is 4.57. The quantitative estimate of drug-likeness (QED) is 0.586. The molecule has 0 spiro atoms. The Kier molecular flexibility index (Phi) is 5.90. The van der Waals surface area contributed by atoms with Crippen molar-refractivity contribution in [2.75, 3.05) is 26.7 Å². The molecular weight excluding hydrogens is 380 g/mol. The number of aromatic nitrogens is 3. The maximum absolute atomic E-state index is 12.8. The first-order chi connectivity index (χ1) is 14.5. The van der Waals surface area contributed by atoms with Crippen molar-refractivity contribution in [1.29, 1.82) is 0 Å². The Hall–Kier alpha value is -3.06. The van der Waals surface area contributed by atoms with Gasteiger partial charge in [0, 0.05) is 48.4 Å². The van der Waals surface area contributed by atoms with Crippen molar-refractivity contribution in [1.82, 2.24) is 19.7 Å². The van der Waals surface area contributed by atoms with Crippen LogP contribution in [0.25, 0.3) is 21.9 Å². The fourth-order valence-electron chi connectivity index (χ4n) is 4.02. The topological polar surface area (TPSA) is 77.3 Å². The molecule has 0 unspecified atom stereocenters. The van der Waals surface area contributed by atoms with E-state index in [4.69, 9.17) is 4.74 Å². The van der Waals surface area contributed by atoms with Crippen LogP contribution < -0.4 is 0 Å². The van der Waals surface area contributed by atoms with Crippen LogP contribution >= 0.6 is 0 Å². The molecule has 0 bridgehead atoms. The molecule has 0 saturated carbocycles. The minimum Gasteiger partial charge on any atom is -0.468 e. The summed E-state index contributed by atoms with van der Waals surface area (Å²) in [6, 6.07) is 8.24. The maximum atomic E-state index is 12.8. The highest BCUT2D eigenvalue weighted by molar-refractivity contribution is 5.88. The molecular formula is C23H26N4O3. The minimum absolute atomic E-state index is 0.0260. The highest BCUT2D eigenvalue weighted by atomic mass is 16.5. The molecule has 0 amide bonds. The summed E-state index contributed by atoms with van der Waals surface area (Å²) in [5.41, 5.74) is 2.96. The number of esters is 1. The first kappa shape index (κ1) is 20.2. The zero-order chi connectivity index (χ0) is 21.1. The van der Waals surface area contributed by atoms with Gasteiger partial charge in [0.25, 0.3) is 0 Å². The molecule has 30 heavy (non-hydrogen) atoms. The summed E-state index contributed by atoms with van der Waals surface area (Å²) in [5.74, 6) is 0.0203. The molecule has 1 aliphatic heterocycles. The van der Waals surface area contributed by atoms with E-state index in [1.807, 2.05) is 42.7 Å². The Bertz CT molecular complexity index is 1070. The lowest BCUT2D eigenvalue weighted by Crippen LogP contribution is -2.39. The second-order valence-corrected chi connectivity index (χ2v) is 7.91. The summed E-state index contributed by atoms with van der Waals surface area (Å²) in [4.78, 5) is 30.8. The number of likely N-dealkylation sites (tertiary alicyclic amines) is 1. The SMILES string of the molecule is COC(=O)CN1CCC(C(=O)Cc2cc3cc(-c4cnn(C)c4)ccc3cn2)CC1. The number of carbonyl (C=O) groups excluding carboxylic acids is 2. The van der Waals surface area contributed by atoms with Crippen LogP contribution in [0.5, 0.6) is 0 Å². The largest absolute Gasteiger partial charge is 0.468 e. The molecule has 3 heterocycles. The van der Waals surface area contributed by atoms with E-state index in [-0.39, 0.29) is 17.7 Å². The molecule has 1 aromatic carbocycles. The normalized spacial score (nSPS) is 15.4. The summed E-state index contributed by atoms with van der Waals surface area (Å²) >= 11 is 0. The number of aryl methyl sites for hydroxylation is 1. The summed E-state index contributed by atoms with van der Waals surface area (Å²) in [6.07, 6.45) is 7.56. The summed E-state index contributed by atoms with van der Waals surface area (Å²) < 4.78 is 6.50. The van der Waals surface area contributed by atoms with Gasteiger partial charge in [-0.25, -0.2) is 0 Å². The lowest BCUT2D eigenvalue weighted by Gasteiger charge is -2.30. The molecule has 3 aromatic rings. The van der Waals surface area contributed by atoms with E-state index in [0.29, 0.717) is 13.0 Å². The summed E-state index contributed by atoms with van der Waals surface area (Å²) in [7, 11) is 3.30. The number of ketones is 1. The van der Waals surface area contributed by atoms with Gasteiger partial charge >= 0.3 is 5.97 Å². The minimum atomic E-state index is -0.231. The molecule has 1 aliphatic rings. The van der Waals surface area contributed by atoms with Crippen LogP contribution in [0.2, 0.25) is 0 Å². The molecule has 7 nitrogen and oxygen atoms in total. The van der Waals surface area contributed by atoms with Crippen LogP contribution in [0.1, 0.15) is 18.5 Å². The van der Waals surface area contributed by atoms with Crippen molar-refractivity contribution in [3.8, 4) is 11.1 Å². The number of benzene rings is 1. The Morgan fingerprint density at radius 3 is 2.60 bits per heavy atom. The number of rotatable bonds is 6. The fourth-order valence-corrected chi connectivity index (χ4v) is 4.02. The highest BCUT2D eigenvalue weighted by Crippen LogP contribution is 2.25. The molecule has 0 aliphatic carbocycles. The van der Waals surface area contributed by atoms with Crippen LogP contribution in [0, 0.1) is 5.92 Å². The molecule has 0 N–H and O–H groups in total. The summed E-state index contributed by atoms with van der Waals surface area (Å²) in [6.45, 7) is 1.78. The average molecular weight is 406 g/mol. The second kappa shape index (κ2) is 8.75. The van der Waals surface area contributed by atoms with Crippen LogP contribution in [0.15, 0.2) is 42.9 Å². The van der Waals surface area contributed by atoms with E-state index in [9.17, 15) is 9.59 Å². The van der Waals surface area contributed by atoms with Crippen molar-refractivity contribution in [3.05, 3.63) is 48.5 Å². The molecule has 1 saturated heterocycles. The number of ether oxygens (including phenoxy) is 1. The number of hydrogen-bond acceptors (Lipinski definition) is 6. The molecule has 0 atom stereocenters. The predicted molar refractivity (Wildman–Crippen MR) is 114 cm³/mol. The lowest BCUT2D eigenvalue weighted by atomic mass is 9.90. The van der Waals surface area contributed by atoms with E-state index >= 15 is 0 Å². The van der Waals surface area contributed by atoms with E-state index in [1.165, 1.54) is 7.11 Å². The van der Waals surface area contributed by atoms with Gasteiger partial charge in [0.1, 0.15) is 5.78 Å². The highest BCUT2D eigenvalue weighted by Gasteiger charge is 2.26. The first-order valence-electron chi connectivity index (χ1n) is 10.2. The smallest absolute Gasteiger partial charge is 0.319 e. The van der Waals surface area contributed by atoms with Crippen molar-refractivity contribution in [2.45, 2.75) is 19.3 Å². The van der Waals surface area contributed by atoms with Crippen molar-refractivity contribution in [2.24, 2.45) is 13.0 Å². The van der Waals surface area contributed by atoms with Gasteiger partial charge in [0.15, 0.2) is 0 Å². The van der Waals surface area contributed by atoms with Gasteiger partial charge in [-0.3, -0.25) is 24.2 Å². The van der Waals surface area contributed by atoms with Crippen LogP contribution in [0.3, 0.4) is 0 Å². The number of nitrogens with zero attached hydrogens (tertiary/aromatic N) is 4. The van der Waals surface area contributed by atoms with Crippen molar-refractivity contribution in [3.63, 3.8) is 0 Å². The fraction of sp³-hybridized carbons (Fsp3) is 0.391. The van der Waals surface area contributed by atoms with Gasteiger partial charge in [0.2, 0.25) is 0 Å². The number of Topliss-reactive ketones (excluding diaryl/α,β-unsaturated/α-hetero) is 1. The van der Waals surface area contributed by atoms with E-state index in [1.54, 1.807) is 4.68 Å².